The second kappa shape index (κ2) is 7.80. The highest BCUT2D eigenvalue weighted by molar-refractivity contribution is 5.92. The number of nitrogens with one attached hydrogen (secondary N) is 1. The highest BCUT2D eigenvalue weighted by atomic mass is 16.3. The number of carbonyl (C=O) groups excluding carboxylic acids is 1. The van der Waals surface area contributed by atoms with Crippen molar-refractivity contribution in [3.05, 3.63) is 98.5 Å². The van der Waals surface area contributed by atoms with Crippen molar-refractivity contribution in [1.82, 2.24) is 9.88 Å². The number of phenols is 1. The number of aliphatic hydroxyl groups is 1. The third-order valence-corrected chi connectivity index (χ3v) is 8.62. The Balaban J connectivity index is 1.46. The first-order valence-corrected chi connectivity index (χ1v) is 12.2. The maximum Gasteiger partial charge on any atom is 0.261 e. The summed E-state index contributed by atoms with van der Waals surface area (Å²) in [6, 6.07) is 17.2. The van der Waals surface area contributed by atoms with Gasteiger partial charge in [0.25, 0.3) is 11.5 Å². The Bertz CT molecular complexity index is 1380. The number of piperidine rings is 1. The molecule has 2 aromatic carbocycles. The number of rotatable bonds is 4. The van der Waals surface area contributed by atoms with E-state index in [1.54, 1.807) is 18.2 Å². The number of pyridine rings is 1. The van der Waals surface area contributed by atoms with Crippen molar-refractivity contribution in [3.63, 3.8) is 0 Å². The molecule has 5 N–H and O–H groups in total. The van der Waals surface area contributed by atoms with Gasteiger partial charge in [0, 0.05) is 36.5 Å². The number of amides is 1. The lowest BCUT2D eigenvalue weighted by molar-refractivity contribution is -0.151. The van der Waals surface area contributed by atoms with Gasteiger partial charge in [0.1, 0.15) is 11.3 Å². The number of likely N-dealkylation sites (tertiary alicyclic amines) is 1. The number of fused-ring (bicyclic) bond motifs is 2. The van der Waals surface area contributed by atoms with Crippen molar-refractivity contribution >= 4 is 5.91 Å². The van der Waals surface area contributed by atoms with Crippen LogP contribution < -0.4 is 11.3 Å². The number of hydrogen-bond acceptors (Lipinski definition) is 5. The van der Waals surface area contributed by atoms with Crippen LogP contribution >= 0.6 is 0 Å². The number of carbonyl (C=O) groups is 1. The number of hydrogen-bond donors (Lipinski definition) is 4. The van der Waals surface area contributed by atoms with E-state index in [1.165, 1.54) is 5.56 Å². The SMILES string of the molecule is NC(=O)c1cc2c([nH]c1=O)C[C@]13CCN(CCc4ccccc4)[C@H](Cc4ccc(O)cc41)[C@]3(O)C2. The van der Waals surface area contributed by atoms with Crippen LogP contribution in [0, 0.1) is 0 Å². The quantitative estimate of drug-likeness (QED) is 0.463. The molecule has 6 rings (SSSR count). The summed E-state index contributed by atoms with van der Waals surface area (Å²) in [5.74, 6) is -0.598. The van der Waals surface area contributed by atoms with Crippen LogP contribution in [0.25, 0.3) is 0 Å². The molecule has 180 valence electrons. The van der Waals surface area contributed by atoms with E-state index in [1.807, 2.05) is 24.3 Å². The Labute approximate surface area is 203 Å². The maximum atomic E-state index is 12.6. The lowest BCUT2D eigenvalue weighted by Gasteiger charge is -2.63. The van der Waals surface area contributed by atoms with Gasteiger partial charge in [-0.1, -0.05) is 36.4 Å². The fourth-order valence-corrected chi connectivity index (χ4v) is 6.90. The number of nitrogens with zero attached hydrogens (tertiary/aromatic N) is 1. The molecule has 0 saturated carbocycles. The summed E-state index contributed by atoms with van der Waals surface area (Å²) in [4.78, 5) is 29.7. The number of nitrogens with two attached hydrogens (primary N) is 1. The molecule has 0 spiro atoms. The van der Waals surface area contributed by atoms with E-state index in [0.29, 0.717) is 25.7 Å². The molecule has 1 fully saturated rings. The topological polar surface area (TPSA) is 120 Å². The van der Waals surface area contributed by atoms with Crippen molar-refractivity contribution in [2.45, 2.75) is 49.2 Å². The zero-order valence-electron chi connectivity index (χ0n) is 19.5. The van der Waals surface area contributed by atoms with Gasteiger partial charge in [-0.15, -0.1) is 0 Å². The smallest absolute Gasteiger partial charge is 0.261 e. The molecule has 2 aliphatic carbocycles. The third kappa shape index (κ3) is 3.26. The standard InChI is InChI=1S/C28H29N3O4/c29-25(33)21-12-19-15-28(35)24-13-18-6-7-20(32)14-22(18)27(28,16-23(19)30-26(21)34)9-11-31(24)10-8-17-4-2-1-3-5-17/h1-7,12,14,24,32,35H,8-11,13,15-16H2,(H2,29,33)(H,30,34)/t24-,27-,28-/m1/s1. The van der Waals surface area contributed by atoms with Crippen molar-refractivity contribution in [1.29, 1.82) is 0 Å². The molecule has 35 heavy (non-hydrogen) atoms. The van der Waals surface area contributed by atoms with Gasteiger partial charge in [-0.2, -0.15) is 0 Å². The minimum atomic E-state index is -1.12. The van der Waals surface area contributed by atoms with E-state index >= 15 is 0 Å². The summed E-state index contributed by atoms with van der Waals surface area (Å²) in [7, 11) is 0. The second-order valence-electron chi connectivity index (χ2n) is 10.3. The first-order valence-electron chi connectivity index (χ1n) is 12.2. The van der Waals surface area contributed by atoms with Gasteiger partial charge in [-0.25, -0.2) is 0 Å². The number of primary amides is 1. The first kappa shape index (κ1) is 22.1. The molecule has 3 aliphatic rings. The molecule has 3 atom stereocenters. The van der Waals surface area contributed by atoms with Crippen LogP contribution in [-0.2, 0) is 31.1 Å². The van der Waals surface area contributed by atoms with Gasteiger partial charge in [0.05, 0.1) is 5.60 Å². The molecule has 7 heteroatoms. The number of phenolic OH excluding ortho intramolecular Hbond substituents is 1. The monoisotopic (exact) mass is 471 g/mol. The van der Waals surface area contributed by atoms with Crippen LogP contribution in [0.5, 0.6) is 5.75 Å². The predicted molar refractivity (Wildman–Crippen MR) is 132 cm³/mol. The van der Waals surface area contributed by atoms with E-state index in [0.717, 1.165) is 41.9 Å². The van der Waals surface area contributed by atoms with Gasteiger partial charge in [0.15, 0.2) is 0 Å². The van der Waals surface area contributed by atoms with Gasteiger partial charge >= 0.3 is 0 Å². The normalized spacial score (nSPS) is 26.9. The van der Waals surface area contributed by atoms with Crippen molar-refractivity contribution < 1.29 is 15.0 Å². The fraction of sp³-hybridized carbons (Fsp3) is 0.357. The number of aromatic nitrogens is 1. The minimum Gasteiger partial charge on any atom is -0.508 e. The van der Waals surface area contributed by atoms with Crippen molar-refractivity contribution in [2.75, 3.05) is 13.1 Å². The summed E-state index contributed by atoms with van der Waals surface area (Å²) < 4.78 is 0. The predicted octanol–water partition coefficient (Wildman–Crippen LogP) is 1.82. The van der Waals surface area contributed by atoms with Crippen LogP contribution in [0.2, 0.25) is 0 Å². The summed E-state index contributed by atoms with van der Waals surface area (Å²) in [5.41, 5.74) is 7.94. The summed E-state index contributed by atoms with van der Waals surface area (Å²) in [6.07, 6.45) is 3.00. The average molecular weight is 472 g/mol. The third-order valence-electron chi connectivity index (χ3n) is 8.62. The molecule has 3 aromatic rings. The van der Waals surface area contributed by atoms with Gasteiger partial charge in [-0.05, 0) is 66.3 Å². The molecular weight excluding hydrogens is 442 g/mol. The van der Waals surface area contributed by atoms with Crippen LogP contribution in [0.4, 0.5) is 0 Å². The highest BCUT2D eigenvalue weighted by Crippen LogP contribution is 2.57. The molecule has 1 aliphatic heterocycles. The summed E-state index contributed by atoms with van der Waals surface area (Å²) in [5, 5.41) is 22.9. The molecule has 7 nitrogen and oxygen atoms in total. The summed E-state index contributed by atoms with van der Waals surface area (Å²) in [6.45, 7) is 1.64. The number of aromatic amines is 1. The molecule has 2 heterocycles. The molecular formula is C28H29N3O4. The van der Waals surface area contributed by atoms with E-state index in [2.05, 4.69) is 22.0 Å². The molecule has 1 amide bonds. The maximum absolute atomic E-state index is 12.6. The van der Waals surface area contributed by atoms with Crippen molar-refractivity contribution in [3.8, 4) is 5.75 Å². The van der Waals surface area contributed by atoms with Crippen LogP contribution in [-0.4, -0.2) is 50.7 Å². The van der Waals surface area contributed by atoms with Gasteiger partial charge < -0.3 is 20.9 Å². The molecule has 0 unspecified atom stereocenters. The molecule has 1 saturated heterocycles. The Hall–Kier alpha value is -3.42. The zero-order chi connectivity index (χ0) is 24.4. The van der Waals surface area contributed by atoms with Crippen LogP contribution in [0.15, 0.2) is 59.4 Å². The number of H-pyrrole nitrogens is 1. The second-order valence-corrected chi connectivity index (χ2v) is 10.3. The Morgan fingerprint density at radius 1 is 1.11 bits per heavy atom. The van der Waals surface area contributed by atoms with E-state index < -0.39 is 22.5 Å². The summed E-state index contributed by atoms with van der Waals surface area (Å²) >= 11 is 0. The largest absolute Gasteiger partial charge is 0.508 e. The lowest BCUT2D eigenvalue weighted by Crippen LogP contribution is -2.74. The first-order chi connectivity index (χ1) is 16.8. The molecule has 1 aromatic heterocycles. The van der Waals surface area contributed by atoms with Crippen LogP contribution in [0.3, 0.4) is 0 Å². The Kier molecular flexibility index (Phi) is 4.92. The lowest BCUT2D eigenvalue weighted by atomic mass is 9.49. The van der Waals surface area contributed by atoms with E-state index in [-0.39, 0.29) is 17.4 Å². The van der Waals surface area contributed by atoms with Crippen LogP contribution in [0.1, 0.15) is 44.7 Å². The van der Waals surface area contributed by atoms with Crippen molar-refractivity contribution in [2.24, 2.45) is 5.73 Å². The van der Waals surface area contributed by atoms with Gasteiger partial charge in [0.2, 0.25) is 0 Å². The van der Waals surface area contributed by atoms with E-state index in [9.17, 15) is 19.8 Å². The molecule has 0 radical (unpaired) electrons. The zero-order valence-corrected chi connectivity index (χ0v) is 19.5. The number of aromatic hydroxyl groups is 1. The molecule has 2 bridgehead atoms. The van der Waals surface area contributed by atoms with Gasteiger partial charge in [-0.3, -0.25) is 14.5 Å². The number of benzene rings is 2. The Morgan fingerprint density at radius 2 is 1.91 bits per heavy atom. The fourth-order valence-electron chi connectivity index (χ4n) is 6.90. The average Bonchev–Trinajstić information content (AvgIpc) is 2.83. The Morgan fingerprint density at radius 3 is 2.69 bits per heavy atom. The highest BCUT2D eigenvalue weighted by Gasteiger charge is 2.64. The minimum absolute atomic E-state index is 0.0803. The van der Waals surface area contributed by atoms with E-state index in [4.69, 9.17) is 5.73 Å².